The van der Waals surface area contributed by atoms with Crippen molar-refractivity contribution in [3.63, 3.8) is 0 Å². The first-order chi connectivity index (χ1) is 14.9. The second-order valence-corrected chi connectivity index (χ2v) is 8.87. The summed E-state index contributed by atoms with van der Waals surface area (Å²) in [5.41, 5.74) is 1.07. The molecule has 7 nitrogen and oxygen atoms in total. The Hall–Kier alpha value is -2.24. The molecule has 0 saturated carbocycles. The highest BCUT2D eigenvalue weighted by atomic mass is 32.1. The topological polar surface area (TPSA) is 79.1 Å². The zero-order valence-electron chi connectivity index (χ0n) is 17.0. The summed E-state index contributed by atoms with van der Waals surface area (Å²) in [4.78, 5) is 11.6. The van der Waals surface area contributed by atoms with Gasteiger partial charge in [0.05, 0.1) is 31.2 Å². The molecule has 31 heavy (non-hydrogen) atoms. The van der Waals surface area contributed by atoms with E-state index in [1.54, 1.807) is 16.9 Å². The lowest BCUT2D eigenvalue weighted by Gasteiger charge is -2.22. The minimum atomic E-state index is -4.23. The number of hydrogen-bond acceptors (Lipinski definition) is 7. The maximum absolute atomic E-state index is 12.8. The first kappa shape index (κ1) is 22.0. The van der Waals surface area contributed by atoms with Crippen LogP contribution in [0.1, 0.15) is 29.7 Å². The van der Waals surface area contributed by atoms with Gasteiger partial charge in [-0.25, -0.2) is 9.97 Å². The number of thiophene rings is 1. The molecule has 1 aliphatic heterocycles. The van der Waals surface area contributed by atoms with Crippen LogP contribution < -0.4 is 10.2 Å². The molecule has 4 rings (SSSR count). The molecule has 11 heteroatoms. The molecule has 168 valence electrons. The number of alkyl halides is 3. The zero-order valence-corrected chi connectivity index (χ0v) is 17.8. The molecule has 0 radical (unpaired) electrons. The smallest absolute Gasteiger partial charge is 0.393 e. The summed E-state index contributed by atoms with van der Waals surface area (Å²) < 4.78 is 40.1. The normalized spacial score (nSPS) is 17.9. The van der Waals surface area contributed by atoms with Crippen LogP contribution in [0.3, 0.4) is 0 Å². The minimum absolute atomic E-state index is 0.0607. The van der Waals surface area contributed by atoms with Gasteiger partial charge >= 0.3 is 6.18 Å². The predicted molar refractivity (Wildman–Crippen MR) is 113 cm³/mol. The molecule has 0 spiro atoms. The van der Waals surface area contributed by atoms with Crippen molar-refractivity contribution in [2.75, 3.05) is 24.6 Å². The largest absolute Gasteiger partial charge is 0.394 e. The third-order valence-corrected chi connectivity index (χ3v) is 6.42. The van der Waals surface area contributed by atoms with Gasteiger partial charge in [0, 0.05) is 42.3 Å². The molecular formula is C20H25F3N6OS. The second-order valence-electron chi connectivity index (χ2n) is 7.75. The highest BCUT2D eigenvalue weighted by molar-refractivity contribution is 7.18. The highest BCUT2D eigenvalue weighted by Crippen LogP contribution is 2.34. The fourth-order valence-corrected chi connectivity index (χ4v) is 4.95. The van der Waals surface area contributed by atoms with Crippen LogP contribution in [0, 0.1) is 0 Å². The third kappa shape index (κ3) is 5.72. The number of anilines is 1. The number of hydrogen-bond donors (Lipinski definition) is 2. The molecule has 0 amide bonds. The van der Waals surface area contributed by atoms with Gasteiger partial charge in [0.15, 0.2) is 0 Å². The molecule has 1 fully saturated rings. The Labute approximate surface area is 181 Å². The number of aliphatic hydroxyl groups excluding tert-OH is 1. The summed E-state index contributed by atoms with van der Waals surface area (Å²) in [7, 11) is 0. The van der Waals surface area contributed by atoms with Crippen LogP contribution in [0.25, 0.3) is 10.2 Å². The van der Waals surface area contributed by atoms with Gasteiger partial charge in [-0.05, 0) is 25.3 Å². The van der Waals surface area contributed by atoms with Gasteiger partial charge in [0.1, 0.15) is 17.0 Å². The molecule has 2 N–H and O–H groups in total. The fraction of sp³-hybridized carbons (Fsp3) is 0.550. The van der Waals surface area contributed by atoms with Crippen LogP contribution in [0.2, 0.25) is 0 Å². The molecule has 0 aliphatic carbocycles. The van der Waals surface area contributed by atoms with Crippen molar-refractivity contribution < 1.29 is 18.3 Å². The Bertz CT molecular complexity index is 1000. The Morgan fingerprint density at radius 1 is 1.23 bits per heavy atom. The van der Waals surface area contributed by atoms with E-state index in [4.69, 9.17) is 5.11 Å². The summed E-state index contributed by atoms with van der Waals surface area (Å²) in [5.74, 6) is 0.723. The first-order valence-electron chi connectivity index (χ1n) is 10.3. The second kappa shape index (κ2) is 9.49. The van der Waals surface area contributed by atoms with Crippen molar-refractivity contribution >= 4 is 27.4 Å². The van der Waals surface area contributed by atoms with E-state index in [0.29, 0.717) is 29.3 Å². The maximum Gasteiger partial charge on any atom is 0.393 e. The van der Waals surface area contributed by atoms with Crippen molar-refractivity contribution in [3.8, 4) is 0 Å². The molecule has 1 aliphatic rings. The Morgan fingerprint density at radius 3 is 2.90 bits per heavy atom. The van der Waals surface area contributed by atoms with E-state index in [2.05, 4.69) is 25.3 Å². The van der Waals surface area contributed by atoms with Gasteiger partial charge in [-0.1, -0.05) is 0 Å². The lowest BCUT2D eigenvalue weighted by molar-refractivity contribution is -0.126. The summed E-state index contributed by atoms with van der Waals surface area (Å²) in [6, 6.07) is 1.93. The van der Waals surface area contributed by atoms with Crippen molar-refractivity contribution in [3.05, 3.63) is 35.2 Å². The summed E-state index contributed by atoms with van der Waals surface area (Å²) >= 11 is 1.09. The van der Waals surface area contributed by atoms with Crippen LogP contribution in [-0.2, 0) is 19.5 Å². The predicted octanol–water partition coefficient (Wildman–Crippen LogP) is 3.13. The molecule has 0 bridgehead atoms. The number of rotatable bonds is 7. The molecule has 3 aromatic heterocycles. The minimum Gasteiger partial charge on any atom is -0.394 e. The van der Waals surface area contributed by atoms with Crippen LogP contribution in [-0.4, -0.2) is 56.8 Å². The van der Waals surface area contributed by atoms with Gasteiger partial charge in [-0.3, -0.25) is 4.68 Å². The van der Waals surface area contributed by atoms with E-state index in [0.717, 1.165) is 55.1 Å². The lowest BCUT2D eigenvalue weighted by atomic mass is 10.1. The monoisotopic (exact) mass is 454 g/mol. The molecule has 1 saturated heterocycles. The number of nitrogens with one attached hydrogen (secondary N) is 1. The van der Waals surface area contributed by atoms with E-state index < -0.39 is 12.6 Å². The average Bonchev–Trinajstić information content (AvgIpc) is 3.25. The SMILES string of the molecule is OCCn1cc(CNC2CCCN(c3ncnc4sc(CC(F)(F)F)cc34)CC2)cn1. The number of fused-ring (bicyclic) bond motifs is 1. The number of aromatic nitrogens is 4. The summed E-state index contributed by atoms with van der Waals surface area (Å²) in [6.07, 6.45) is 2.90. The Kier molecular flexibility index (Phi) is 6.73. The van der Waals surface area contributed by atoms with Crippen LogP contribution in [0.15, 0.2) is 24.8 Å². The summed E-state index contributed by atoms with van der Waals surface area (Å²) in [5, 5.41) is 17.5. The van der Waals surface area contributed by atoms with Gasteiger partial charge in [-0.15, -0.1) is 11.3 Å². The summed E-state index contributed by atoms with van der Waals surface area (Å²) in [6.45, 7) is 2.84. The molecule has 3 aromatic rings. The van der Waals surface area contributed by atoms with E-state index in [9.17, 15) is 13.2 Å². The standard InChI is InChI=1S/C20H25F3N6OS/c21-20(22,23)9-16-8-17-18(25-13-26-19(17)31-16)28-4-1-2-15(3-5-28)24-10-14-11-27-29(12-14)6-7-30/h8,11-13,15,24,30H,1-7,9-10H2. The van der Waals surface area contributed by atoms with Gasteiger partial charge in [0.2, 0.25) is 0 Å². The molecular weight excluding hydrogens is 429 g/mol. The maximum atomic E-state index is 12.8. The van der Waals surface area contributed by atoms with Gasteiger partial charge in [0.25, 0.3) is 0 Å². The lowest BCUT2D eigenvalue weighted by Crippen LogP contribution is -2.30. The van der Waals surface area contributed by atoms with E-state index >= 15 is 0 Å². The fourth-order valence-electron chi connectivity index (χ4n) is 3.93. The number of aliphatic hydroxyl groups is 1. The van der Waals surface area contributed by atoms with Crippen LogP contribution >= 0.6 is 11.3 Å². The van der Waals surface area contributed by atoms with Crippen molar-refractivity contribution in [1.82, 2.24) is 25.1 Å². The third-order valence-electron chi connectivity index (χ3n) is 5.37. The Balaban J connectivity index is 1.39. The van der Waals surface area contributed by atoms with Crippen molar-refractivity contribution in [1.29, 1.82) is 0 Å². The van der Waals surface area contributed by atoms with Gasteiger partial charge in [-0.2, -0.15) is 18.3 Å². The molecule has 4 heterocycles. The van der Waals surface area contributed by atoms with E-state index in [-0.39, 0.29) is 11.5 Å². The van der Waals surface area contributed by atoms with Crippen molar-refractivity contribution in [2.24, 2.45) is 0 Å². The van der Waals surface area contributed by atoms with Crippen LogP contribution in [0.5, 0.6) is 0 Å². The van der Waals surface area contributed by atoms with E-state index in [1.165, 1.54) is 6.33 Å². The number of nitrogens with zero attached hydrogens (tertiary/aromatic N) is 5. The van der Waals surface area contributed by atoms with Crippen molar-refractivity contribution in [2.45, 2.75) is 51.0 Å². The van der Waals surface area contributed by atoms with E-state index in [1.807, 2.05) is 6.20 Å². The number of halogens is 3. The van der Waals surface area contributed by atoms with Crippen LogP contribution in [0.4, 0.5) is 19.0 Å². The molecule has 1 unspecified atom stereocenters. The molecule has 0 aromatic carbocycles. The molecule has 1 atom stereocenters. The van der Waals surface area contributed by atoms with Gasteiger partial charge < -0.3 is 15.3 Å². The average molecular weight is 455 g/mol. The Morgan fingerprint density at radius 2 is 2.10 bits per heavy atom. The zero-order chi connectivity index (χ0) is 21.8. The first-order valence-corrected chi connectivity index (χ1v) is 11.1. The highest BCUT2D eigenvalue weighted by Gasteiger charge is 2.29. The quantitative estimate of drug-likeness (QED) is 0.571.